The fraction of sp³-hybridized carbons (Fsp3) is 0.833. The molecule has 0 aromatic carbocycles. The summed E-state index contributed by atoms with van der Waals surface area (Å²) in [6.45, 7) is 0. The summed E-state index contributed by atoms with van der Waals surface area (Å²) in [4.78, 5) is 0. The lowest BCUT2D eigenvalue weighted by molar-refractivity contribution is -0.0378. The van der Waals surface area contributed by atoms with Crippen LogP contribution in [0.15, 0.2) is 11.9 Å². The lowest BCUT2D eigenvalue weighted by atomic mass is 9.75. The van der Waals surface area contributed by atoms with Crippen molar-refractivity contribution >= 4 is 0 Å². The molecule has 2 unspecified atom stereocenters. The molecule has 0 saturated carbocycles. The van der Waals surface area contributed by atoms with E-state index in [2.05, 4.69) is 5.32 Å². The van der Waals surface area contributed by atoms with Crippen LogP contribution in [0.5, 0.6) is 0 Å². The second kappa shape index (κ2) is 4.98. The Morgan fingerprint density at radius 2 is 1.76 bits per heavy atom. The summed E-state index contributed by atoms with van der Waals surface area (Å²) < 4.78 is 36.6. The van der Waals surface area contributed by atoms with Crippen LogP contribution < -0.4 is 5.32 Å². The fourth-order valence-corrected chi connectivity index (χ4v) is 3.07. The predicted octanol–water partition coefficient (Wildman–Crippen LogP) is 2.88. The van der Waals surface area contributed by atoms with Gasteiger partial charge in [0, 0.05) is 18.5 Å². The predicted molar refractivity (Wildman–Crippen MR) is 58.3 cm³/mol. The van der Waals surface area contributed by atoms with Crippen LogP contribution in [0.4, 0.5) is 13.2 Å². The standard InChI is InChI=1S/C12H18F3NO/c13-10(11(14)15)4-5-12(17)6-8-2-1-3-9(7-12)16-8/h8-9,16-17H,1-7H2. The van der Waals surface area contributed by atoms with Crippen LogP contribution in [-0.2, 0) is 0 Å². The summed E-state index contributed by atoms with van der Waals surface area (Å²) in [5.74, 6) is -1.39. The summed E-state index contributed by atoms with van der Waals surface area (Å²) in [5, 5.41) is 13.7. The van der Waals surface area contributed by atoms with Gasteiger partial charge in [0.05, 0.1) is 5.60 Å². The van der Waals surface area contributed by atoms with Crippen molar-refractivity contribution in [1.29, 1.82) is 0 Å². The van der Waals surface area contributed by atoms with Crippen molar-refractivity contribution in [2.45, 2.75) is 62.6 Å². The van der Waals surface area contributed by atoms with Crippen LogP contribution >= 0.6 is 0 Å². The molecule has 2 rings (SSSR count). The van der Waals surface area contributed by atoms with Crippen LogP contribution in [0, 0.1) is 0 Å². The van der Waals surface area contributed by atoms with E-state index in [4.69, 9.17) is 0 Å². The number of nitrogens with one attached hydrogen (secondary N) is 1. The van der Waals surface area contributed by atoms with Gasteiger partial charge in [-0.2, -0.15) is 8.78 Å². The van der Waals surface area contributed by atoms with E-state index in [1.807, 2.05) is 0 Å². The van der Waals surface area contributed by atoms with Gasteiger partial charge in [-0.25, -0.2) is 4.39 Å². The Hall–Kier alpha value is -0.550. The molecule has 2 bridgehead atoms. The Kier molecular flexibility index (Phi) is 3.78. The molecule has 2 fully saturated rings. The number of piperidine rings is 2. The zero-order chi connectivity index (χ0) is 12.5. The lowest BCUT2D eigenvalue weighted by Gasteiger charge is -2.45. The van der Waals surface area contributed by atoms with Crippen molar-refractivity contribution in [3.8, 4) is 0 Å². The molecule has 2 atom stereocenters. The highest BCUT2D eigenvalue weighted by molar-refractivity contribution is 5.00. The summed E-state index contributed by atoms with van der Waals surface area (Å²) in [6.07, 6.45) is 1.72. The molecule has 2 aliphatic heterocycles. The van der Waals surface area contributed by atoms with Gasteiger partial charge in [-0.15, -0.1) is 0 Å². The number of halogens is 3. The summed E-state index contributed by atoms with van der Waals surface area (Å²) in [7, 11) is 0. The van der Waals surface area contributed by atoms with Gasteiger partial charge in [0.2, 0.25) is 0 Å². The van der Waals surface area contributed by atoms with Crippen LogP contribution in [-0.4, -0.2) is 22.8 Å². The number of fused-ring (bicyclic) bond motifs is 2. The SMILES string of the molecule is OC1(CCC(F)=C(F)F)CC2CCCC(C1)N2. The van der Waals surface area contributed by atoms with Crippen molar-refractivity contribution < 1.29 is 18.3 Å². The van der Waals surface area contributed by atoms with Crippen molar-refractivity contribution in [1.82, 2.24) is 5.32 Å². The van der Waals surface area contributed by atoms with Gasteiger partial charge >= 0.3 is 6.08 Å². The number of hydrogen-bond acceptors (Lipinski definition) is 2. The Balaban J connectivity index is 1.93. The van der Waals surface area contributed by atoms with Crippen molar-refractivity contribution in [3.63, 3.8) is 0 Å². The molecule has 0 aromatic heterocycles. The first-order valence-electron chi connectivity index (χ1n) is 6.17. The summed E-state index contributed by atoms with van der Waals surface area (Å²) in [6, 6.07) is 0.518. The molecule has 2 N–H and O–H groups in total. The van der Waals surface area contributed by atoms with Crippen LogP contribution in [0.3, 0.4) is 0 Å². The maximum Gasteiger partial charge on any atom is 0.301 e. The second-order valence-electron chi connectivity index (χ2n) is 5.29. The van der Waals surface area contributed by atoms with E-state index in [1.54, 1.807) is 0 Å². The van der Waals surface area contributed by atoms with Crippen LogP contribution in [0.2, 0.25) is 0 Å². The Labute approximate surface area is 98.9 Å². The third-order valence-corrected chi connectivity index (χ3v) is 3.84. The van der Waals surface area contributed by atoms with E-state index in [9.17, 15) is 18.3 Å². The number of aliphatic hydroxyl groups is 1. The van der Waals surface area contributed by atoms with Gasteiger partial charge in [-0.3, -0.25) is 0 Å². The third-order valence-electron chi connectivity index (χ3n) is 3.84. The topological polar surface area (TPSA) is 32.3 Å². The molecule has 2 saturated heterocycles. The summed E-state index contributed by atoms with van der Waals surface area (Å²) >= 11 is 0. The summed E-state index contributed by atoms with van der Waals surface area (Å²) in [5.41, 5.74) is -0.978. The minimum absolute atomic E-state index is 0.0881. The molecule has 2 nitrogen and oxygen atoms in total. The van der Waals surface area contributed by atoms with Crippen molar-refractivity contribution in [2.24, 2.45) is 0 Å². The highest BCUT2D eigenvalue weighted by Gasteiger charge is 2.40. The fourth-order valence-electron chi connectivity index (χ4n) is 3.07. The first kappa shape index (κ1) is 12.9. The maximum absolute atomic E-state index is 12.7. The molecule has 0 spiro atoms. The zero-order valence-corrected chi connectivity index (χ0v) is 9.69. The van der Waals surface area contributed by atoms with Gasteiger partial charge in [-0.1, -0.05) is 6.42 Å². The number of allylic oxidation sites excluding steroid dienone is 1. The molecule has 17 heavy (non-hydrogen) atoms. The molecule has 98 valence electrons. The molecule has 0 aliphatic carbocycles. The Bertz CT molecular complexity index is 303. The maximum atomic E-state index is 12.7. The minimum Gasteiger partial charge on any atom is -0.390 e. The van der Waals surface area contributed by atoms with E-state index in [0.717, 1.165) is 19.3 Å². The van der Waals surface area contributed by atoms with Crippen molar-refractivity contribution in [3.05, 3.63) is 11.9 Å². The molecule has 5 heteroatoms. The van der Waals surface area contributed by atoms with Gasteiger partial charge in [0.25, 0.3) is 0 Å². The van der Waals surface area contributed by atoms with E-state index >= 15 is 0 Å². The van der Waals surface area contributed by atoms with E-state index in [-0.39, 0.29) is 24.9 Å². The quantitative estimate of drug-likeness (QED) is 0.806. The molecule has 2 aliphatic rings. The largest absolute Gasteiger partial charge is 0.390 e. The highest BCUT2D eigenvalue weighted by atomic mass is 19.3. The Morgan fingerprint density at radius 1 is 1.18 bits per heavy atom. The smallest absolute Gasteiger partial charge is 0.301 e. The van der Waals surface area contributed by atoms with E-state index in [1.165, 1.54) is 0 Å². The van der Waals surface area contributed by atoms with E-state index < -0.39 is 17.5 Å². The van der Waals surface area contributed by atoms with E-state index in [0.29, 0.717) is 12.8 Å². The average molecular weight is 249 g/mol. The molecule has 0 amide bonds. The Morgan fingerprint density at radius 3 is 2.29 bits per heavy atom. The third kappa shape index (κ3) is 3.22. The van der Waals surface area contributed by atoms with Gasteiger partial charge in [-0.05, 0) is 32.1 Å². The lowest BCUT2D eigenvalue weighted by Crippen LogP contribution is -2.55. The second-order valence-corrected chi connectivity index (χ2v) is 5.29. The average Bonchev–Trinajstić information content (AvgIpc) is 2.25. The first-order valence-corrected chi connectivity index (χ1v) is 6.17. The molecular weight excluding hydrogens is 231 g/mol. The van der Waals surface area contributed by atoms with Crippen LogP contribution in [0.25, 0.3) is 0 Å². The van der Waals surface area contributed by atoms with Crippen molar-refractivity contribution in [2.75, 3.05) is 0 Å². The number of rotatable bonds is 3. The van der Waals surface area contributed by atoms with Crippen LogP contribution in [0.1, 0.15) is 44.9 Å². The normalized spacial score (nSPS) is 36.7. The highest BCUT2D eigenvalue weighted by Crippen LogP contribution is 2.36. The molecular formula is C12H18F3NO. The molecule has 2 heterocycles. The van der Waals surface area contributed by atoms with Gasteiger partial charge in [0.1, 0.15) is 0 Å². The molecule has 0 radical (unpaired) electrons. The molecule has 0 aromatic rings. The van der Waals surface area contributed by atoms with Gasteiger partial charge in [0.15, 0.2) is 5.83 Å². The monoisotopic (exact) mass is 249 g/mol. The van der Waals surface area contributed by atoms with Gasteiger partial charge < -0.3 is 10.4 Å². The minimum atomic E-state index is -2.26. The number of hydrogen-bond donors (Lipinski definition) is 2. The zero-order valence-electron chi connectivity index (χ0n) is 9.69. The first-order chi connectivity index (χ1) is 7.98.